The molecule has 1 saturated carbocycles. The van der Waals surface area contributed by atoms with Crippen LogP contribution in [-0.4, -0.2) is 52.7 Å². The SMILES string of the molecule is CC(C)(NC(=O)OCC1c2ccccc2-c2ccccc21)C(=O)N1CCC2(C(=O)O)CCCC12. The van der Waals surface area contributed by atoms with Crippen LogP contribution < -0.4 is 5.32 Å². The molecule has 178 valence electrons. The summed E-state index contributed by atoms with van der Waals surface area (Å²) in [6.07, 6.45) is 1.87. The topological polar surface area (TPSA) is 95.9 Å². The highest BCUT2D eigenvalue weighted by atomic mass is 16.5. The van der Waals surface area contributed by atoms with Gasteiger partial charge in [0.1, 0.15) is 12.1 Å². The minimum atomic E-state index is -1.21. The fourth-order valence-electron chi connectivity index (χ4n) is 6.18. The Morgan fingerprint density at radius 3 is 2.29 bits per heavy atom. The number of carboxylic acid groups (broad SMARTS) is 1. The van der Waals surface area contributed by atoms with Gasteiger partial charge in [0, 0.05) is 18.5 Å². The molecule has 2 amide bonds. The second-order valence-corrected chi connectivity index (χ2v) is 10.2. The maximum Gasteiger partial charge on any atom is 0.408 e. The Kier molecular flexibility index (Phi) is 5.38. The lowest BCUT2D eigenvalue weighted by Crippen LogP contribution is -2.58. The highest BCUT2D eigenvalue weighted by molar-refractivity contribution is 5.91. The number of benzene rings is 2. The van der Waals surface area contributed by atoms with E-state index < -0.39 is 23.0 Å². The van der Waals surface area contributed by atoms with Crippen LogP contribution in [0, 0.1) is 5.41 Å². The average Bonchev–Trinajstić information content (AvgIpc) is 3.48. The zero-order chi connectivity index (χ0) is 24.1. The summed E-state index contributed by atoms with van der Waals surface area (Å²) in [6, 6.07) is 15.9. The van der Waals surface area contributed by atoms with Gasteiger partial charge in [0.15, 0.2) is 0 Å². The molecule has 34 heavy (non-hydrogen) atoms. The van der Waals surface area contributed by atoms with Crippen LogP contribution in [0.2, 0.25) is 0 Å². The van der Waals surface area contributed by atoms with Gasteiger partial charge in [-0.15, -0.1) is 0 Å². The first kappa shape index (κ1) is 22.4. The van der Waals surface area contributed by atoms with Gasteiger partial charge in [-0.2, -0.15) is 0 Å². The maximum absolute atomic E-state index is 13.4. The summed E-state index contributed by atoms with van der Waals surface area (Å²) < 4.78 is 5.62. The number of alkyl carbamates (subject to hydrolysis) is 1. The van der Waals surface area contributed by atoms with E-state index in [4.69, 9.17) is 4.74 Å². The molecule has 0 aromatic heterocycles. The van der Waals surface area contributed by atoms with E-state index in [0.29, 0.717) is 25.8 Å². The first-order valence-corrected chi connectivity index (χ1v) is 11.9. The van der Waals surface area contributed by atoms with E-state index in [-0.39, 0.29) is 24.5 Å². The highest BCUT2D eigenvalue weighted by Crippen LogP contribution is 2.49. The number of carbonyl (C=O) groups is 3. The van der Waals surface area contributed by atoms with E-state index in [9.17, 15) is 19.5 Å². The minimum Gasteiger partial charge on any atom is -0.481 e. The number of amides is 2. The van der Waals surface area contributed by atoms with Gasteiger partial charge in [0.05, 0.1) is 5.41 Å². The van der Waals surface area contributed by atoms with Crippen molar-refractivity contribution in [2.45, 2.75) is 57.0 Å². The predicted octanol–water partition coefficient (Wildman–Crippen LogP) is 4.16. The molecule has 1 aliphatic heterocycles. The number of carboxylic acids is 1. The molecule has 0 spiro atoms. The van der Waals surface area contributed by atoms with Crippen LogP contribution in [0.4, 0.5) is 4.79 Å². The van der Waals surface area contributed by atoms with Gasteiger partial charge in [-0.3, -0.25) is 9.59 Å². The number of hydrogen-bond acceptors (Lipinski definition) is 4. The molecule has 2 atom stereocenters. The molecule has 3 aliphatic rings. The molecule has 1 saturated heterocycles. The number of hydrogen-bond donors (Lipinski definition) is 2. The normalized spacial score (nSPS) is 23.2. The molecule has 0 bridgehead atoms. The monoisotopic (exact) mass is 462 g/mol. The van der Waals surface area contributed by atoms with Gasteiger partial charge < -0.3 is 20.1 Å². The minimum absolute atomic E-state index is 0.0646. The Morgan fingerprint density at radius 1 is 1.06 bits per heavy atom. The van der Waals surface area contributed by atoms with E-state index in [0.717, 1.165) is 28.7 Å². The molecule has 7 nitrogen and oxygen atoms in total. The van der Waals surface area contributed by atoms with Gasteiger partial charge in [-0.25, -0.2) is 4.79 Å². The molecule has 5 rings (SSSR count). The van der Waals surface area contributed by atoms with Crippen molar-refractivity contribution in [2.24, 2.45) is 5.41 Å². The molecule has 7 heteroatoms. The van der Waals surface area contributed by atoms with E-state index in [2.05, 4.69) is 29.6 Å². The summed E-state index contributed by atoms with van der Waals surface area (Å²) in [6.45, 7) is 3.85. The molecule has 2 aromatic rings. The Labute approximate surface area is 199 Å². The van der Waals surface area contributed by atoms with Crippen molar-refractivity contribution in [1.82, 2.24) is 10.2 Å². The molecular weight excluding hydrogens is 432 g/mol. The number of nitrogens with zero attached hydrogens (tertiary/aromatic N) is 1. The Morgan fingerprint density at radius 2 is 1.68 bits per heavy atom. The van der Waals surface area contributed by atoms with Gasteiger partial charge in [0.25, 0.3) is 0 Å². The number of nitrogens with one attached hydrogen (secondary N) is 1. The molecule has 2 aromatic carbocycles. The third-order valence-corrected chi connectivity index (χ3v) is 7.89. The lowest BCUT2D eigenvalue weighted by Gasteiger charge is -2.35. The van der Waals surface area contributed by atoms with Crippen LogP contribution in [0.15, 0.2) is 48.5 Å². The standard InChI is InChI=1S/C27H30N2O5/c1-26(2,23(30)29-15-14-27(24(31)32)13-7-12-22(27)29)28-25(33)34-16-21-19-10-5-3-8-17(19)18-9-4-6-11-20(18)21/h3-6,8-11,21-22H,7,12-16H2,1-2H3,(H,28,33)(H,31,32). The summed E-state index contributed by atoms with van der Waals surface area (Å²) in [7, 11) is 0. The van der Waals surface area contributed by atoms with Crippen LogP contribution in [-0.2, 0) is 14.3 Å². The number of ether oxygens (including phenoxy) is 1. The first-order valence-electron chi connectivity index (χ1n) is 11.9. The molecule has 2 unspecified atom stereocenters. The predicted molar refractivity (Wildman–Crippen MR) is 126 cm³/mol. The van der Waals surface area contributed by atoms with E-state index >= 15 is 0 Å². The first-order chi connectivity index (χ1) is 16.2. The second kappa shape index (κ2) is 8.15. The second-order valence-electron chi connectivity index (χ2n) is 10.2. The summed E-state index contributed by atoms with van der Waals surface area (Å²) in [4.78, 5) is 39.7. The lowest BCUT2D eigenvalue weighted by atomic mass is 9.82. The van der Waals surface area contributed by atoms with Crippen molar-refractivity contribution in [3.63, 3.8) is 0 Å². The van der Waals surface area contributed by atoms with Crippen LogP contribution in [0.25, 0.3) is 11.1 Å². The van der Waals surface area contributed by atoms with Gasteiger partial charge in [-0.05, 0) is 55.4 Å². The highest BCUT2D eigenvalue weighted by Gasteiger charge is 2.58. The van der Waals surface area contributed by atoms with Crippen LogP contribution in [0.5, 0.6) is 0 Å². The Bertz CT molecular complexity index is 1110. The Balaban J connectivity index is 1.25. The largest absolute Gasteiger partial charge is 0.481 e. The van der Waals surface area contributed by atoms with Crippen molar-refractivity contribution in [3.05, 3.63) is 59.7 Å². The zero-order valence-electron chi connectivity index (χ0n) is 19.5. The van der Waals surface area contributed by atoms with Gasteiger partial charge in [0.2, 0.25) is 5.91 Å². The van der Waals surface area contributed by atoms with E-state index in [1.54, 1.807) is 18.7 Å². The molecule has 2 fully saturated rings. The summed E-state index contributed by atoms with van der Waals surface area (Å²) in [5.74, 6) is -1.16. The van der Waals surface area contributed by atoms with Crippen molar-refractivity contribution < 1.29 is 24.2 Å². The number of carbonyl (C=O) groups excluding carboxylic acids is 2. The number of rotatable bonds is 5. The molecule has 2 aliphatic carbocycles. The fraction of sp³-hybridized carbons (Fsp3) is 0.444. The number of likely N-dealkylation sites (tertiary alicyclic amines) is 1. The van der Waals surface area contributed by atoms with Crippen molar-refractivity contribution in [3.8, 4) is 11.1 Å². The van der Waals surface area contributed by atoms with Crippen LogP contribution >= 0.6 is 0 Å². The number of fused-ring (bicyclic) bond motifs is 4. The summed E-state index contributed by atoms with van der Waals surface area (Å²) in [5.41, 5.74) is 2.48. The summed E-state index contributed by atoms with van der Waals surface area (Å²) in [5, 5.41) is 12.5. The summed E-state index contributed by atoms with van der Waals surface area (Å²) >= 11 is 0. The quantitative estimate of drug-likeness (QED) is 0.696. The smallest absolute Gasteiger partial charge is 0.408 e. The lowest BCUT2D eigenvalue weighted by molar-refractivity contribution is -0.150. The van der Waals surface area contributed by atoms with Crippen molar-refractivity contribution >= 4 is 18.0 Å². The maximum atomic E-state index is 13.4. The fourth-order valence-corrected chi connectivity index (χ4v) is 6.18. The Hall–Kier alpha value is -3.35. The van der Waals surface area contributed by atoms with Gasteiger partial charge >= 0.3 is 12.1 Å². The number of aliphatic carboxylic acids is 1. The van der Waals surface area contributed by atoms with Crippen LogP contribution in [0.1, 0.15) is 56.6 Å². The third-order valence-electron chi connectivity index (χ3n) is 7.89. The van der Waals surface area contributed by atoms with Crippen molar-refractivity contribution in [1.29, 1.82) is 0 Å². The zero-order valence-corrected chi connectivity index (χ0v) is 19.5. The average molecular weight is 463 g/mol. The third kappa shape index (κ3) is 3.45. The van der Waals surface area contributed by atoms with E-state index in [1.165, 1.54) is 0 Å². The molecule has 0 radical (unpaired) electrons. The molecule has 1 heterocycles. The van der Waals surface area contributed by atoms with E-state index in [1.807, 2.05) is 24.3 Å². The van der Waals surface area contributed by atoms with Crippen LogP contribution in [0.3, 0.4) is 0 Å². The van der Waals surface area contributed by atoms with Gasteiger partial charge in [-0.1, -0.05) is 55.0 Å². The van der Waals surface area contributed by atoms with Crippen molar-refractivity contribution in [2.75, 3.05) is 13.2 Å². The molecule has 2 N–H and O–H groups in total. The molecular formula is C27H30N2O5.